The number of anilines is 1. The molecule has 3 aromatic rings. The number of alkyl halides is 3. The minimum Gasteiger partial charge on any atom is -0.298 e. The molecule has 158 valence electrons. The molecule has 11 heteroatoms. The van der Waals surface area contributed by atoms with Crippen LogP contribution in [0.4, 0.5) is 18.3 Å². The summed E-state index contributed by atoms with van der Waals surface area (Å²) in [6, 6.07) is 8.60. The third-order valence-corrected chi connectivity index (χ3v) is 7.56. The number of nitrogens with one attached hydrogen (secondary N) is 1. The summed E-state index contributed by atoms with van der Waals surface area (Å²) in [4.78, 5) is 16.7. The van der Waals surface area contributed by atoms with Crippen LogP contribution in [0.5, 0.6) is 0 Å². The molecular weight excluding hydrogens is 439 g/mol. The zero-order valence-corrected chi connectivity index (χ0v) is 17.1. The number of rotatable bonds is 4. The number of fused-ring (bicyclic) bond motifs is 1. The van der Waals surface area contributed by atoms with Crippen LogP contribution in [0.25, 0.3) is 10.2 Å². The van der Waals surface area contributed by atoms with Gasteiger partial charge in [-0.15, -0.1) is 0 Å². The molecule has 0 radical (unpaired) electrons. The lowest BCUT2D eigenvalue weighted by Gasteiger charge is -2.15. The van der Waals surface area contributed by atoms with E-state index in [9.17, 15) is 26.4 Å². The van der Waals surface area contributed by atoms with Gasteiger partial charge in [0, 0.05) is 18.7 Å². The standard InChI is InChI=1S/C19H16F3N3O3S2/c20-19(21,22)13-5-3-4-12(10-13)17(26)24-18-23-15-7-6-14(11-16(15)29-18)30(27,28)25-8-1-2-9-25/h3-7,10-11H,1-2,8-9H2,(H,23,24,26). The van der Waals surface area contributed by atoms with Gasteiger partial charge in [0.15, 0.2) is 5.13 Å². The van der Waals surface area contributed by atoms with Gasteiger partial charge in [-0.1, -0.05) is 17.4 Å². The van der Waals surface area contributed by atoms with Crippen LogP contribution in [-0.2, 0) is 16.2 Å². The van der Waals surface area contributed by atoms with Gasteiger partial charge in [-0.3, -0.25) is 10.1 Å². The second kappa shape index (κ2) is 7.64. The van der Waals surface area contributed by atoms with Crippen molar-refractivity contribution >= 4 is 42.6 Å². The van der Waals surface area contributed by atoms with Crippen molar-refractivity contribution in [3.63, 3.8) is 0 Å². The fourth-order valence-electron chi connectivity index (χ4n) is 3.20. The highest BCUT2D eigenvalue weighted by molar-refractivity contribution is 7.89. The van der Waals surface area contributed by atoms with Gasteiger partial charge < -0.3 is 0 Å². The summed E-state index contributed by atoms with van der Waals surface area (Å²) in [5, 5.41) is 2.65. The number of aromatic nitrogens is 1. The van der Waals surface area contributed by atoms with Crippen molar-refractivity contribution in [2.24, 2.45) is 0 Å². The molecule has 0 saturated carbocycles. The van der Waals surface area contributed by atoms with Crippen molar-refractivity contribution in [3.05, 3.63) is 53.6 Å². The van der Waals surface area contributed by atoms with Crippen LogP contribution < -0.4 is 5.32 Å². The van der Waals surface area contributed by atoms with Gasteiger partial charge in [0.05, 0.1) is 20.7 Å². The maximum Gasteiger partial charge on any atom is 0.416 e. The largest absolute Gasteiger partial charge is 0.416 e. The summed E-state index contributed by atoms with van der Waals surface area (Å²) >= 11 is 1.05. The molecule has 2 aromatic carbocycles. The van der Waals surface area contributed by atoms with E-state index in [1.807, 2.05) is 0 Å². The fourth-order valence-corrected chi connectivity index (χ4v) is 5.72. The summed E-state index contributed by atoms with van der Waals surface area (Å²) in [5.41, 5.74) is -0.586. The van der Waals surface area contributed by atoms with Crippen LogP contribution in [0.1, 0.15) is 28.8 Å². The van der Waals surface area contributed by atoms with Crippen molar-refractivity contribution in [2.45, 2.75) is 23.9 Å². The van der Waals surface area contributed by atoms with Gasteiger partial charge in [0.2, 0.25) is 10.0 Å². The lowest BCUT2D eigenvalue weighted by Crippen LogP contribution is -2.27. The summed E-state index contributed by atoms with van der Waals surface area (Å²) in [6.07, 6.45) is -2.90. The third-order valence-electron chi connectivity index (χ3n) is 4.74. The molecule has 1 aliphatic heterocycles. The van der Waals surface area contributed by atoms with Gasteiger partial charge in [-0.2, -0.15) is 17.5 Å². The third kappa shape index (κ3) is 4.05. The van der Waals surface area contributed by atoms with Crippen molar-refractivity contribution in [1.82, 2.24) is 9.29 Å². The summed E-state index contributed by atoms with van der Waals surface area (Å²) in [5.74, 6) is -0.731. The highest BCUT2D eigenvalue weighted by Crippen LogP contribution is 2.32. The highest BCUT2D eigenvalue weighted by atomic mass is 32.2. The molecule has 1 fully saturated rings. The van der Waals surface area contributed by atoms with Crippen LogP contribution in [0.15, 0.2) is 47.4 Å². The first-order chi connectivity index (χ1) is 14.1. The molecule has 0 spiro atoms. The normalized spacial score (nSPS) is 15.6. The number of hydrogen-bond acceptors (Lipinski definition) is 5. The molecule has 30 heavy (non-hydrogen) atoms. The Kier molecular flexibility index (Phi) is 5.28. The first-order valence-electron chi connectivity index (χ1n) is 9.04. The minimum absolute atomic E-state index is 0.149. The van der Waals surface area contributed by atoms with Gasteiger partial charge >= 0.3 is 6.18 Å². The topological polar surface area (TPSA) is 79.4 Å². The van der Waals surface area contributed by atoms with Gasteiger partial charge in [-0.05, 0) is 49.2 Å². The number of carbonyl (C=O) groups excluding carboxylic acids is 1. The first-order valence-corrected chi connectivity index (χ1v) is 11.3. The lowest BCUT2D eigenvalue weighted by molar-refractivity contribution is -0.137. The average molecular weight is 455 g/mol. The van der Waals surface area contributed by atoms with E-state index < -0.39 is 27.7 Å². The van der Waals surface area contributed by atoms with E-state index in [-0.39, 0.29) is 15.6 Å². The van der Waals surface area contributed by atoms with E-state index in [2.05, 4.69) is 10.3 Å². The highest BCUT2D eigenvalue weighted by Gasteiger charge is 2.31. The molecule has 4 rings (SSSR count). The SMILES string of the molecule is O=C(Nc1nc2ccc(S(=O)(=O)N3CCCC3)cc2s1)c1cccc(C(F)(F)F)c1. The monoisotopic (exact) mass is 455 g/mol. The number of sulfonamides is 1. The Morgan fingerprint density at radius 3 is 2.53 bits per heavy atom. The van der Waals surface area contributed by atoms with Gasteiger partial charge in [0.25, 0.3) is 5.91 Å². The molecule has 1 N–H and O–H groups in total. The van der Waals surface area contributed by atoms with E-state index in [0.717, 1.165) is 42.4 Å². The molecule has 1 aromatic heterocycles. The Bertz CT molecular complexity index is 1220. The number of benzene rings is 2. The first kappa shape index (κ1) is 20.8. The summed E-state index contributed by atoms with van der Waals surface area (Å²) in [7, 11) is -3.59. The molecule has 6 nitrogen and oxygen atoms in total. The Morgan fingerprint density at radius 1 is 1.10 bits per heavy atom. The molecular formula is C19H16F3N3O3S2. The molecule has 1 aliphatic rings. The number of hydrogen-bond donors (Lipinski definition) is 1. The average Bonchev–Trinajstić information content (AvgIpc) is 3.36. The van der Waals surface area contributed by atoms with Crippen LogP contribution in [0.3, 0.4) is 0 Å². The van der Waals surface area contributed by atoms with Crippen molar-refractivity contribution in [1.29, 1.82) is 0 Å². The fraction of sp³-hybridized carbons (Fsp3) is 0.263. The second-order valence-corrected chi connectivity index (χ2v) is 9.76. The summed E-state index contributed by atoms with van der Waals surface area (Å²) < 4.78 is 66.0. The van der Waals surface area contributed by atoms with Crippen LogP contribution in [0, 0.1) is 0 Å². The predicted molar refractivity (Wildman–Crippen MR) is 107 cm³/mol. The molecule has 0 bridgehead atoms. The van der Waals surface area contributed by atoms with E-state index in [4.69, 9.17) is 0 Å². The maximum atomic E-state index is 12.8. The van der Waals surface area contributed by atoms with E-state index >= 15 is 0 Å². The molecule has 0 aliphatic carbocycles. The minimum atomic E-state index is -4.55. The number of amides is 1. The Hall–Kier alpha value is -2.50. The van der Waals surface area contributed by atoms with E-state index in [0.29, 0.717) is 23.3 Å². The Labute approximate surface area is 174 Å². The molecule has 2 heterocycles. The van der Waals surface area contributed by atoms with Crippen molar-refractivity contribution in [3.8, 4) is 0 Å². The quantitative estimate of drug-likeness (QED) is 0.634. The maximum absolute atomic E-state index is 12.8. The lowest BCUT2D eigenvalue weighted by atomic mass is 10.1. The van der Waals surface area contributed by atoms with E-state index in [1.165, 1.54) is 22.5 Å². The zero-order chi connectivity index (χ0) is 21.5. The van der Waals surface area contributed by atoms with Crippen molar-refractivity contribution in [2.75, 3.05) is 18.4 Å². The van der Waals surface area contributed by atoms with Gasteiger partial charge in [0.1, 0.15) is 0 Å². The van der Waals surface area contributed by atoms with Crippen LogP contribution in [0.2, 0.25) is 0 Å². The van der Waals surface area contributed by atoms with Crippen LogP contribution in [-0.4, -0.2) is 36.7 Å². The predicted octanol–water partition coefficient (Wildman–Crippen LogP) is 4.35. The molecule has 1 amide bonds. The van der Waals surface area contributed by atoms with E-state index in [1.54, 1.807) is 6.07 Å². The second-order valence-electron chi connectivity index (χ2n) is 6.79. The number of halogens is 3. The van der Waals surface area contributed by atoms with Crippen molar-refractivity contribution < 1.29 is 26.4 Å². The number of nitrogens with zero attached hydrogens (tertiary/aromatic N) is 2. The number of thiazole rings is 1. The van der Waals surface area contributed by atoms with Crippen LogP contribution >= 0.6 is 11.3 Å². The molecule has 0 unspecified atom stereocenters. The Balaban J connectivity index is 1.58. The smallest absolute Gasteiger partial charge is 0.298 e. The summed E-state index contributed by atoms with van der Waals surface area (Å²) in [6.45, 7) is 0.975. The zero-order valence-electron chi connectivity index (χ0n) is 15.4. The Morgan fingerprint density at radius 2 is 1.83 bits per heavy atom. The number of carbonyl (C=O) groups is 1. The molecule has 0 atom stereocenters. The van der Waals surface area contributed by atoms with Gasteiger partial charge in [-0.25, -0.2) is 13.4 Å². The molecule has 1 saturated heterocycles.